The Balaban J connectivity index is 1.67. The highest BCUT2D eigenvalue weighted by atomic mass is 35.5. The zero-order valence-electron chi connectivity index (χ0n) is 25.2. The Morgan fingerprint density at radius 2 is 0.609 bits per heavy atom. The molecule has 2 nitrogen and oxygen atoms in total. The average Bonchev–Trinajstić information content (AvgIpc) is 3.13. The van der Waals surface area contributed by atoms with Crippen molar-refractivity contribution in [3.8, 4) is 0 Å². The van der Waals surface area contributed by atoms with E-state index in [1.807, 2.05) is 0 Å². The number of nitrogen functional groups attached to an aromatic ring is 1. The smallest absolute Gasteiger partial charge is 0.175 e. The molecular formula is C41H33ClN2P2+2. The van der Waals surface area contributed by atoms with Crippen LogP contribution >= 0.6 is 26.1 Å². The van der Waals surface area contributed by atoms with Gasteiger partial charge in [-0.1, -0.05) is 121 Å². The molecule has 7 rings (SSSR count). The summed E-state index contributed by atoms with van der Waals surface area (Å²) in [6, 6.07) is 66.9. The summed E-state index contributed by atoms with van der Waals surface area (Å²) in [4.78, 5) is 5.06. The van der Waals surface area contributed by atoms with Crippen LogP contribution in [0.15, 0.2) is 188 Å². The molecule has 0 aliphatic rings. The van der Waals surface area contributed by atoms with Gasteiger partial charge in [-0.15, -0.1) is 0 Å². The van der Waals surface area contributed by atoms with Crippen LogP contribution in [0.3, 0.4) is 0 Å². The van der Waals surface area contributed by atoms with Gasteiger partial charge in [-0.25, -0.2) is 4.98 Å². The van der Waals surface area contributed by atoms with E-state index in [1.54, 1.807) is 0 Å². The molecule has 7 aromatic rings. The number of nitrogens with zero attached hydrogens (tertiary/aromatic N) is 1. The molecule has 0 atom stereocenters. The van der Waals surface area contributed by atoms with E-state index in [2.05, 4.69) is 188 Å². The lowest BCUT2D eigenvalue weighted by molar-refractivity contribution is 1.37. The molecule has 2 N–H and O–H groups in total. The topological polar surface area (TPSA) is 38.9 Å². The van der Waals surface area contributed by atoms with Gasteiger partial charge in [0.1, 0.15) is 46.4 Å². The summed E-state index contributed by atoms with van der Waals surface area (Å²) in [6.45, 7) is 0. The fourth-order valence-corrected chi connectivity index (χ4v) is 15.8. The average molecular weight is 651 g/mol. The van der Waals surface area contributed by atoms with E-state index in [4.69, 9.17) is 22.3 Å². The third-order valence-corrected chi connectivity index (χ3v) is 17.6. The molecule has 1 heterocycles. The van der Waals surface area contributed by atoms with Crippen molar-refractivity contribution >= 4 is 74.4 Å². The monoisotopic (exact) mass is 650 g/mol. The second-order valence-electron chi connectivity index (χ2n) is 11.1. The molecule has 0 amide bonds. The lowest BCUT2D eigenvalue weighted by Gasteiger charge is -2.31. The van der Waals surface area contributed by atoms with E-state index in [-0.39, 0.29) is 0 Å². The first-order chi connectivity index (χ1) is 22.7. The van der Waals surface area contributed by atoms with Crippen molar-refractivity contribution in [2.45, 2.75) is 0 Å². The number of nitrogens with two attached hydrogens (primary N) is 1. The summed E-state index contributed by atoms with van der Waals surface area (Å²) in [5.74, 6) is 0.450. The predicted octanol–water partition coefficient (Wildman–Crippen LogP) is 6.56. The van der Waals surface area contributed by atoms with Gasteiger partial charge < -0.3 is 5.73 Å². The maximum Gasteiger partial charge on any atom is 0.175 e. The van der Waals surface area contributed by atoms with Crippen molar-refractivity contribution in [3.05, 3.63) is 193 Å². The number of benzene rings is 6. The van der Waals surface area contributed by atoms with Crippen LogP contribution in [0.25, 0.3) is 0 Å². The van der Waals surface area contributed by atoms with Gasteiger partial charge in [-0.3, -0.25) is 0 Å². The molecule has 222 valence electrons. The molecular weight excluding hydrogens is 618 g/mol. The number of hydrogen-bond acceptors (Lipinski definition) is 2. The Morgan fingerprint density at radius 1 is 0.370 bits per heavy atom. The molecule has 1 aromatic heterocycles. The molecule has 0 saturated heterocycles. The number of rotatable bonds is 8. The third kappa shape index (κ3) is 5.04. The molecule has 0 saturated carbocycles. The highest BCUT2D eigenvalue weighted by Crippen LogP contribution is 2.59. The van der Waals surface area contributed by atoms with Gasteiger partial charge in [0.25, 0.3) is 0 Å². The van der Waals surface area contributed by atoms with Gasteiger partial charge >= 0.3 is 0 Å². The van der Waals surface area contributed by atoms with Crippen molar-refractivity contribution in [2.24, 2.45) is 0 Å². The van der Waals surface area contributed by atoms with Crippen molar-refractivity contribution in [3.63, 3.8) is 0 Å². The quantitative estimate of drug-likeness (QED) is 0.150. The molecule has 0 aliphatic carbocycles. The Bertz CT molecular complexity index is 1700. The van der Waals surface area contributed by atoms with E-state index in [0.717, 1.165) is 10.6 Å². The molecule has 6 aromatic carbocycles. The van der Waals surface area contributed by atoms with E-state index < -0.39 is 14.5 Å². The maximum atomic E-state index is 7.37. The van der Waals surface area contributed by atoms with Crippen LogP contribution in [0.5, 0.6) is 0 Å². The highest BCUT2D eigenvalue weighted by Gasteiger charge is 2.54. The first-order valence-corrected chi connectivity index (χ1v) is 19.2. The van der Waals surface area contributed by atoms with Gasteiger partial charge in [-0.05, 0) is 72.8 Å². The lowest BCUT2D eigenvalue weighted by atomic mass is 10.3. The van der Waals surface area contributed by atoms with Gasteiger partial charge in [-0.2, -0.15) is 0 Å². The molecule has 0 radical (unpaired) electrons. The number of aromatic nitrogens is 1. The Hall–Kier alpha value is -4.58. The standard InChI is InChI=1S/C41H33ClN2P2/c42-40-38(45(32-19-7-1-8-20-32,33-21-9-2-10-22-33)34-23-11-3-12-24-34)31-39(41(43)44-40)46(35-25-13-4-14-26-35,36-27-15-5-16-28-36)37-29-17-6-18-30-37/h1-31H,(H2,43,44)/q+2. The van der Waals surface area contributed by atoms with E-state index in [9.17, 15) is 0 Å². The van der Waals surface area contributed by atoms with E-state index in [1.165, 1.54) is 31.8 Å². The summed E-state index contributed by atoms with van der Waals surface area (Å²) in [7, 11) is -5.13. The first-order valence-electron chi connectivity index (χ1n) is 15.3. The van der Waals surface area contributed by atoms with Gasteiger partial charge in [0, 0.05) is 6.07 Å². The number of anilines is 1. The Kier molecular flexibility index (Phi) is 8.53. The molecule has 0 bridgehead atoms. The lowest BCUT2D eigenvalue weighted by Crippen LogP contribution is -2.44. The van der Waals surface area contributed by atoms with Crippen LogP contribution in [-0.2, 0) is 0 Å². The SMILES string of the molecule is Nc1nc(Cl)c([P+](c2ccccc2)(c2ccccc2)c2ccccc2)cc1[P+](c1ccccc1)(c1ccccc1)c1ccccc1. The van der Waals surface area contributed by atoms with E-state index >= 15 is 0 Å². The third-order valence-electron chi connectivity index (χ3n) is 8.55. The molecule has 0 unspecified atom stereocenters. The van der Waals surface area contributed by atoms with Crippen LogP contribution in [-0.4, -0.2) is 4.98 Å². The minimum absolute atomic E-state index is 0.429. The number of hydrogen-bond donors (Lipinski definition) is 1. The second-order valence-corrected chi connectivity index (χ2v) is 18.2. The molecule has 0 fully saturated rings. The summed E-state index contributed by atoms with van der Waals surface area (Å²) in [5.41, 5.74) is 7.09. The Morgan fingerprint density at radius 3 is 0.870 bits per heavy atom. The summed E-state index contributed by atoms with van der Waals surface area (Å²) < 4.78 is 0. The molecule has 5 heteroatoms. The van der Waals surface area contributed by atoms with Crippen LogP contribution in [0.4, 0.5) is 5.82 Å². The summed E-state index contributed by atoms with van der Waals surface area (Å²) >= 11 is 7.37. The van der Waals surface area contributed by atoms with Crippen LogP contribution in [0.1, 0.15) is 0 Å². The van der Waals surface area contributed by atoms with Crippen LogP contribution in [0.2, 0.25) is 5.15 Å². The minimum atomic E-state index is -2.57. The zero-order chi connectivity index (χ0) is 31.4. The maximum absolute atomic E-state index is 7.37. The summed E-state index contributed by atoms with van der Waals surface area (Å²) in [6.07, 6.45) is 0. The number of pyridine rings is 1. The molecule has 46 heavy (non-hydrogen) atoms. The van der Waals surface area contributed by atoms with Gasteiger partial charge in [0.2, 0.25) is 0 Å². The van der Waals surface area contributed by atoms with Crippen molar-refractivity contribution in [1.29, 1.82) is 0 Å². The van der Waals surface area contributed by atoms with Gasteiger partial charge in [0.05, 0.1) is 0 Å². The normalized spacial score (nSPS) is 11.7. The Labute approximate surface area is 277 Å². The fourth-order valence-electron chi connectivity index (χ4n) is 6.63. The minimum Gasteiger partial charge on any atom is -0.380 e. The molecule has 0 spiro atoms. The second kappa shape index (κ2) is 13.0. The highest BCUT2D eigenvalue weighted by molar-refractivity contribution is 8.03. The van der Waals surface area contributed by atoms with Crippen LogP contribution < -0.4 is 48.2 Å². The van der Waals surface area contributed by atoms with Crippen LogP contribution in [0, 0.1) is 0 Å². The zero-order valence-corrected chi connectivity index (χ0v) is 27.7. The van der Waals surface area contributed by atoms with Gasteiger partial charge in [0.15, 0.2) is 21.6 Å². The number of halogens is 1. The van der Waals surface area contributed by atoms with Crippen molar-refractivity contribution in [1.82, 2.24) is 4.98 Å². The van der Waals surface area contributed by atoms with Crippen molar-refractivity contribution in [2.75, 3.05) is 5.73 Å². The summed E-state index contributed by atoms with van der Waals surface area (Å²) in [5, 5.41) is 9.65. The van der Waals surface area contributed by atoms with E-state index in [0.29, 0.717) is 11.0 Å². The predicted molar refractivity (Wildman–Crippen MR) is 203 cm³/mol. The first kappa shape index (κ1) is 30.1. The fraction of sp³-hybridized carbons (Fsp3) is 0. The van der Waals surface area contributed by atoms with Crippen molar-refractivity contribution < 1.29 is 0 Å². The molecule has 0 aliphatic heterocycles. The largest absolute Gasteiger partial charge is 0.380 e.